The van der Waals surface area contributed by atoms with Crippen LogP contribution >= 0.6 is 0 Å². The summed E-state index contributed by atoms with van der Waals surface area (Å²) in [5.74, 6) is 3.59. The van der Waals surface area contributed by atoms with Crippen molar-refractivity contribution >= 4 is 0 Å². The molecule has 0 fully saturated rings. The lowest BCUT2D eigenvalue weighted by atomic mass is 9.63. The summed E-state index contributed by atoms with van der Waals surface area (Å²) in [7, 11) is 0. The topological polar surface area (TPSA) is 47.9 Å². The van der Waals surface area contributed by atoms with Crippen molar-refractivity contribution < 1.29 is 4.74 Å². The van der Waals surface area contributed by atoms with Gasteiger partial charge in [-0.1, -0.05) is 206 Å². The van der Waals surface area contributed by atoms with E-state index in [0.29, 0.717) is 17.5 Å². The van der Waals surface area contributed by atoms with E-state index < -0.39 is 5.41 Å². The lowest BCUT2D eigenvalue weighted by molar-refractivity contribution is 0.434. The van der Waals surface area contributed by atoms with Gasteiger partial charge in [-0.3, -0.25) is 0 Å². The highest BCUT2D eigenvalue weighted by Crippen LogP contribution is 2.56. The molecule has 0 bridgehead atoms. The quantitative estimate of drug-likeness (QED) is 0.154. The maximum absolute atomic E-state index is 6.70. The minimum Gasteiger partial charge on any atom is -0.457 e. The normalized spacial score (nSPS) is 12.5. The number of hydrogen-bond acceptors (Lipinski definition) is 4. The van der Waals surface area contributed by atoms with Crippen molar-refractivity contribution in [1.82, 2.24) is 15.0 Å². The summed E-state index contributed by atoms with van der Waals surface area (Å²) in [4.78, 5) is 15.1. The second-order valence-electron chi connectivity index (χ2n) is 15.6. The molecule has 0 unspecified atom stereocenters. The van der Waals surface area contributed by atoms with Crippen molar-refractivity contribution in [3.8, 4) is 79.0 Å². The lowest BCUT2D eigenvalue weighted by Crippen LogP contribution is -2.34. The van der Waals surface area contributed by atoms with Crippen molar-refractivity contribution in [3.63, 3.8) is 0 Å². The standard InChI is InChI=1S/C58H39N3O/c1-5-17-40(18-6-1)41-31-33-43(34-32-41)56-59-55(42-19-7-2-8-20-42)60-57(61-56)48-24-16-23-46(38-48)44-21-15-22-45(37-44)47-35-36-54-52(39-47)58(49-25-9-3-10-26-49,50-27-11-4-12-28-50)51-29-13-14-30-53(51)62-54/h1-39H. The Morgan fingerprint density at radius 3 is 1.23 bits per heavy atom. The summed E-state index contributed by atoms with van der Waals surface area (Å²) in [5, 5.41) is 0. The minimum absolute atomic E-state index is 0.597. The fourth-order valence-electron chi connectivity index (χ4n) is 8.89. The van der Waals surface area contributed by atoms with E-state index in [-0.39, 0.29) is 0 Å². The fourth-order valence-corrected chi connectivity index (χ4v) is 8.89. The molecule has 0 amide bonds. The van der Waals surface area contributed by atoms with Crippen LogP contribution in [0.5, 0.6) is 11.5 Å². The molecular formula is C58H39N3O. The number of ether oxygens (including phenoxy) is 1. The van der Waals surface area contributed by atoms with E-state index in [1.165, 1.54) is 16.7 Å². The zero-order chi connectivity index (χ0) is 41.3. The molecule has 9 aromatic carbocycles. The van der Waals surface area contributed by atoms with E-state index in [9.17, 15) is 0 Å². The van der Waals surface area contributed by atoms with Crippen LogP contribution in [0.3, 0.4) is 0 Å². The molecular weight excluding hydrogens is 755 g/mol. The van der Waals surface area contributed by atoms with Crippen molar-refractivity contribution in [3.05, 3.63) is 259 Å². The molecule has 292 valence electrons. The molecule has 62 heavy (non-hydrogen) atoms. The Morgan fingerprint density at radius 1 is 0.258 bits per heavy atom. The van der Waals surface area contributed by atoms with Crippen LogP contribution in [0.1, 0.15) is 22.3 Å². The summed E-state index contributed by atoms with van der Waals surface area (Å²) in [6.07, 6.45) is 0. The van der Waals surface area contributed by atoms with Gasteiger partial charge in [0.2, 0.25) is 0 Å². The van der Waals surface area contributed by atoms with Crippen molar-refractivity contribution in [1.29, 1.82) is 0 Å². The lowest BCUT2D eigenvalue weighted by Gasteiger charge is -2.41. The molecule has 0 saturated heterocycles. The number of hydrogen-bond donors (Lipinski definition) is 0. The molecule has 10 aromatic rings. The third kappa shape index (κ3) is 6.65. The molecule has 0 spiro atoms. The Labute approximate surface area is 361 Å². The molecule has 1 aliphatic heterocycles. The predicted molar refractivity (Wildman–Crippen MR) is 251 cm³/mol. The molecule has 2 heterocycles. The third-order valence-electron chi connectivity index (χ3n) is 11.9. The number of para-hydroxylation sites is 1. The Kier molecular flexibility index (Phi) is 9.36. The summed E-state index contributed by atoms with van der Waals surface area (Å²) in [5.41, 5.74) is 13.5. The monoisotopic (exact) mass is 793 g/mol. The first-order valence-electron chi connectivity index (χ1n) is 20.9. The average molecular weight is 794 g/mol. The van der Waals surface area contributed by atoms with Crippen molar-refractivity contribution in [2.24, 2.45) is 0 Å². The highest BCUT2D eigenvalue weighted by atomic mass is 16.5. The molecule has 1 aromatic heterocycles. The summed E-state index contributed by atoms with van der Waals surface area (Å²) >= 11 is 0. The number of nitrogens with zero attached hydrogens (tertiary/aromatic N) is 3. The Balaban J connectivity index is 0.993. The molecule has 11 rings (SSSR count). The molecule has 1 aliphatic rings. The minimum atomic E-state index is -0.597. The largest absolute Gasteiger partial charge is 0.457 e. The highest BCUT2D eigenvalue weighted by Gasteiger charge is 2.45. The van der Waals surface area contributed by atoms with E-state index in [1.54, 1.807) is 0 Å². The van der Waals surface area contributed by atoms with Crippen molar-refractivity contribution in [2.45, 2.75) is 5.41 Å². The van der Waals surface area contributed by atoms with Crippen LogP contribution in [0.2, 0.25) is 0 Å². The van der Waals surface area contributed by atoms with Gasteiger partial charge in [0.25, 0.3) is 0 Å². The number of benzene rings is 9. The molecule has 0 radical (unpaired) electrons. The van der Waals surface area contributed by atoms with Crippen LogP contribution in [0.15, 0.2) is 237 Å². The van der Waals surface area contributed by atoms with Gasteiger partial charge in [0.05, 0.1) is 5.41 Å². The first-order chi connectivity index (χ1) is 30.7. The first-order valence-corrected chi connectivity index (χ1v) is 20.9. The van der Waals surface area contributed by atoms with Crippen LogP contribution < -0.4 is 4.74 Å². The van der Waals surface area contributed by atoms with Crippen LogP contribution in [-0.2, 0) is 5.41 Å². The van der Waals surface area contributed by atoms with E-state index in [0.717, 1.165) is 67.1 Å². The molecule has 0 N–H and O–H groups in total. The van der Waals surface area contributed by atoms with Crippen LogP contribution in [0, 0.1) is 0 Å². The van der Waals surface area contributed by atoms with Gasteiger partial charge in [-0.25, -0.2) is 15.0 Å². The zero-order valence-corrected chi connectivity index (χ0v) is 33.8. The molecule has 0 aliphatic carbocycles. The summed E-state index contributed by atoms with van der Waals surface area (Å²) < 4.78 is 6.70. The van der Waals surface area contributed by atoms with Gasteiger partial charge < -0.3 is 4.74 Å². The summed E-state index contributed by atoms with van der Waals surface area (Å²) in [6.45, 7) is 0. The Bertz CT molecular complexity index is 3150. The second-order valence-corrected chi connectivity index (χ2v) is 15.6. The van der Waals surface area contributed by atoms with Crippen molar-refractivity contribution in [2.75, 3.05) is 0 Å². The first kappa shape index (κ1) is 36.8. The predicted octanol–water partition coefficient (Wildman–Crippen LogP) is 14.4. The highest BCUT2D eigenvalue weighted by molar-refractivity contribution is 5.79. The van der Waals surface area contributed by atoms with E-state index in [1.807, 2.05) is 42.5 Å². The maximum Gasteiger partial charge on any atom is 0.164 e. The number of fused-ring (bicyclic) bond motifs is 2. The van der Waals surface area contributed by atoms with Gasteiger partial charge >= 0.3 is 0 Å². The van der Waals surface area contributed by atoms with Gasteiger partial charge in [0, 0.05) is 27.8 Å². The van der Waals surface area contributed by atoms with Gasteiger partial charge in [-0.05, 0) is 74.8 Å². The maximum atomic E-state index is 6.70. The van der Waals surface area contributed by atoms with E-state index in [4.69, 9.17) is 19.7 Å². The number of rotatable bonds is 8. The zero-order valence-electron chi connectivity index (χ0n) is 33.8. The second kappa shape index (κ2) is 15.8. The van der Waals surface area contributed by atoms with E-state index >= 15 is 0 Å². The Hall–Kier alpha value is -8.21. The third-order valence-corrected chi connectivity index (χ3v) is 11.9. The number of aromatic nitrogens is 3. The Morgan fingerprint density at radius 2 is 0.629 bits per heavy atom. The van der Waals surface area contributed by atoms with Gasteiger partial charge in [0.1, 0.15) is 11.5 Å². The van der Waals surface area contributed by atoms with Gasteiger partial charge in [-0.15, -0.1) is 0 Å². The van der Waals surface area contributed by atoms with Gasteiger partial charge in [0.15, 0.2) is 17.5 Å². The molecule has 4 nitrogen and oxygen atoms in total. The summed E-state index contributed by atoms with van der Waals surface area (Å²) in [6, 6.07) is 82.9. The van der Waals surface area contributed by atoms with E-state index in [2.05, 4.69) is 194 Å². The average Bonchev–Trinajstić information content (AvgIpc) is 3.36. The van der Waals surface area contributed by atoms with Crippen LogP contribution in [0.4, 0.5) is 0 Å². The van der Waals surface area contributed by atoms with Crippen LogP contribution in [-0.4, -0.2) is 15.0 Å². The molecule has 0 saturated carbocycles. The fraction of sp³-hybridized carbons (Fsp3) is 0.0172. The SMILES string of the molecule is c1ccc(-c2ccc(-c3nc(-c4ccccc4)nc(-c4cccc(-c5cccc(-c6ccc7c(c6)C(c6ccccc6)(c6ccccc6)c6ccccc6O7)c5)c4)n3)cc2)cc1. The molecule has 0 atom stereocenters. The molecule has 4 heteroatoms. The smallest absolute Gasteiger partial charge is 0.164 e. The van der Waals surface area contributed by atoms with Crippen LogP contribution in [0.25, 0.3) is 67.5 Å². The van der Waals surface area contributed by atoms with Gasteiger partial charge in [-0.2, -0.15) is 0 Å².